The molecule has 0 saturated heterocycles. The lowest BCUT2D eigenvalue weighted by molar-refractivity contribution is 0.469. The third kappa shape index (κ3) is 4.42. The van der Waals surface area contributed by atoms with Crippen molar-refractivity contribution in [3.8, 4) is 11.5 Å². The molecule has 0 bridgehead atoms. The third-order valence-corrected chi connectivity index (χ3v) is 2.81. The Hall–Kier alpha value is -1.80. The number of para-hydroxylation sites is 2. The Bertz CT molecular complexity index is 494. The van der Waals surface area contributed by atoms with Crippen molar-refractivity contribution in [2.75, 3.05) is 6.54 Å². The molecule has 0 heterocycles. The van der Waals surface area contributed by atoms with E-state index < -0.39 is 0 Å². The van der Waals surface area contributed by atoms with Gasteiger partial charge in [-0.1, -0.05) is 50.2 Å². The molecule has 0 fully saturated rings. The summed E-state index contributed by atoms with van der Waals surface area (Å²) in [4.78, 5) is 0. The second-order valence-electron chi connectivity index (χ2n) is 5.05. The topological polar surface area (TPSA) is 21.3 Å². The summed E-state index contributed by atoms with van der Waals surface area (Å²) in [5.74, 6) is 2.45. The minimum absolute atomic E-state index is 0.655. The molecule has 2 heteroatoms. The predicted octanol–water partition coefficient (Wildman–Crippen LogP) is 4.22. The van der Waals surface area contributed by atoms with Gasteiger partial charge < -0.3 is 10.1 Å². The first kappa shape index (κ1) is 13.6. The Kier molecular flexibility index (Phi) is 4.99. The molecule has 2 rings (SSSR count). The molecule has 0 radical (unpaired) electrons. The standard InChI is InChI=1S/C17H21NO/c1-14(2)12-18-13-15-8-6-7-11-17(15)19-16-9-4-3-5-10-16/h3-11,14,18H,12-13H2,1-2H3. The van der Waals surface area contributed by atoms with Gasteiger partial charge in [0.2, 0.25) is 0 Å². The summed E-state index contributed by atoms with van der Waals surface area (Å²) in [5, 5.41) is 3.45. The van der Waals surface area contributed by atoms with Crippen LogP contribution < -0.4 is 10.1 Å². The first-order chi connectivity index (χ1) is 9.25. The number of nitrogens with one attached hydrogen (secondary N) is 1. The largest absolute Gasteiger partial charge is 0.457 e. The summed E-state index contributed by atoms with van der Waals surface area (Å²) in [6, 6.07) is 18.1. The summed E-state index contributed by atoms with van der Waals surface area (Å²) in [5.41, 5.74) is 1.19. The molecule has 0 atom stereocenters. The van der Waals surface area contributed by atoms with E-state index in [2.05, 4.69) is 25.2 Å². The molecule has 0 aliphatic carbocycles. The lowest BCUT2D eigenvalue weighted by Gasteiger charge is -2.12. The highest BCUT2D eigenvalue weighted by molar-refractivity contribution is 5.37. The van der Waals surface area contributed by atoms with Crippen molar-refractivity contribution in [3.63, 3.8) is 0 Å². The van der Waals surface area contributed by atoms with Gasteiger partial charge in [-0.15, -0.1) is 0 Å². The van der Waals surface area contributed by atoms with Crippen LogP contribution >= 0.6 is 0 Å². The van der Waals surface area contributed by atoms with Crippen molar-refractivity contribution in [1.29, 1.82) is 0 Å². The highest BCUT2D eigenvalue weighted by Crippen LogP contribution is 2.24. The maximum Gasteiger partial charge on any atom is 0.131 e. The normalized spacial score (nSPS) is 10.7. The summed E-state index contributed by atoms with van der Waals surface area (Å²) in [6.45, 7) is 6.26. The fourth-order valence-electron chi connectivity index (χ4n) is 1.86. The Balaban J connectivity index is 2.04. The molecule has 0 spiro atoms. The van der Waals surface area contributed by atoms with Gasteiger partial charge >= 0.3 is 0 Å². The van der Waals surface area contributed by atoms with Crippen molar-refractivity contribution in [1.82, 2.24) is 5.32 Å². The van der Waals surface area contributed by atoms with Crippen LogP contribution in [0.3, 0.4) is 0 Å². The highest BCUT2D eigenvalue weighted by atomic mass is 16.5. The van der Waals surface area contributed by atoms with Gasteiger partial charge in [-0.25, -0.2) is 0 Å². The van der Waals surface area contributed by atoms with E-state index in [1.54, 1.807) is 0 Å². The quantitative estimate of drug-likeness (QED) is 0.834. The Morgan fingerprint density at radius 2 is 1.63 bits per heavy atom. The van der Waals surface area contributed by atoms with Crippen molar-refractivity contribution in [2.45, 2.75) is 20.4 Å². The SMILES string of the molecule is CC(C)CNCc1ccccc1Oc1ccccc1. The molecule has 0 saturated carbocycles. The van der Waals surface area contributed by atoms with Crippen molar-refractivity contribution in [3.05, 3.63) is 60.2 Å². The zero-order valence-electron chi connectivity index (χ0n) is 11.6. The predicted molar refractivity (Wildman–Crippen MR) is 79.5 cm³/mol. The summed E-state index contributed by atoms with van der Waals surface area (Å²) >= 11 is 0. The van der Waals surface area contributed by atoms with Crippen molar-refractivity contribution < 1.29 is 4.74 Å². The van der Waals surface area contributed by atoms with Gasteiger partial charge in [0.15, 0.2) is 0 Å². The van der Waals surface area contributed by atoms with Gasteiger partial charge in [0, 0.05) is 12.1 Å². The summed E-state index contributed by atoms with van der Waals surface area (Å²) < 4.78 is 5.93. The van der Waals surface area contributed by atoms with Crippen LogP contribution in [0, 0.1) is 5.92 Å². The molecule has 1 N–H and O–H groups in total. The third-order valence-electron chi connectivity index (χ3n) is 2.81. The summed E-state index contributed by atoms with van der Waals surface area (Å²) in [7, 11) is 0. The molecular formula is C17H21NO. The number of ether oxygens (including phenoxy) is 1. The first-order valence-corrected chi connectivity index (χ1v) is 6.77. The molecule has 100 valence electrons. The zero-order chi connectivity index (χ0) is 13.5. The Morgan fingerprint density at radius 1 is 0.947 bits per heavy atom. The van der Waals surface area contributed by atoms with Crippen LogP contribution in [-0.2, 0) is 6.54 Å². The van der Waals surface area contributed by atoms with Crippen LogP contribution in [0.25, 0.3) is 0 Å². The smallest absolute Gasteiger partial charge is 0.131 e. The van der Waals surface area contributed by atoms with E-state index in [-0.39, 0.29) is 0 Å². The monoisotopic (exact) mass is 255 g/mol. The zero-order valence-corrected chi connectivity index (χ0v) is 11.6. The van der Waals surface area contributed by atoms with Gasteiger partial charge in [0.25, 0.3) is 0 Å². The molecule has 0 unspecified atom stereocenters. The molecule has 0 aliphatic heterocycles. The van der Waals surface area contributed by atoms with Crippen LogP contribution in [0.5, 0.6) is 11.5 Å². The molecule has 2 aromatic carbocycles. The van der Waals surface area contributed by atoms with E-state index in [0.717, 1.165) is 24.6 Å². The molecular weight excluding hydrogens is 234 g/mol. The maximum atomic E-state index is 5.93. The van der Waals surface area contributed by atoms with Crippen LogP contribution in [0.2, 0.25) is 0 Å². The van der Waals surface area contributed by atoms with E-state index in [1.165, 1.54) is 5.56 Å². The van der Waals surface area contributed by atoms with E-state index >= 15 is 0 Å². The fourth-order valence-corrected chi connectivity index (χ4v) is 1.86. The van der Waals surface area contributed by atoms with Crippen LogP contribution in [0.1, 0.15) is 19.4 Å². The maximum absolute atomic E-state index is 5.93. The van der Waals surface area contributed by atoms with Crippen molar-refractivity contribution >= 4 is 0 Å². The lowest BCUT2D eigenvalue weighted by atomic mass is 10.2. The number of rotatable bonds is 6. The van der Waals surface area contributed by atoms with E-state index in [9.17, 15) is 0 Å². The highest BCUT2D eigenvalue weighted by Gasteiger charge is 2.04. The van der Waals surface area contributed by atoms with Crippen molar-refractivity contribution in [2.24, 2.45) is 5.92 Å². The Labute approximate surface area is 115 Å². The molecule has 19 heavy (non-hydrogen) atoms. The summed E-state index contributed by atoms with van der Waals surface area (Å²) in [6.07, 6.45) is 0. The minimum atomic E-state index is 0.655. The van der Waals surface area contributed by atoms with Gasteiger partial charge in [0.1, 0.15) is 11.5 Å². The van der Waals surface area contributed by atoms with Gasteiger partial charge in [-0.05, 0) is 30.7 Å². The second kappa shape index (κ2) is 6.95. The van der Waals surface area contributed by atoms with E-state index in [0.29, 0.717) is 5.92 Å². The fraction of sp³-hybridized carbons (Fsp3) is 0.294. The average Bonchev–Trinajstić information content (AvgIpc) is 2.41. The molecule has 0 aromatic heterocycles. The van der Waals surface area contributed by atoms with E-state index in [4.69, 9.17) is 4.74 Å². The van der Waals surface area contributed by atoms with Crippen LogP contribution in [-0.4, -0.2) is 6.54 Å². The van der Waals surface area contributed by atoms with Crippen LogP contribution in [0.4, 0.5) is 0 Å². The van der Waals surface area contributed by atoms with Gasteiger partial charge in [0.05, 0.1) is 0 Å². The number of benzene rings is 2. The first-order valence-electron chi connectivity index (χ1n) is 6.77. The van der Waals surface area contributed by atoms with Gasteiger partial charge in [-0.2, -0.15) is 0 Å². The minimum Gasteiger partial charge on any atom is -0.457 e. The molecule has 0 amide bonds. The van der Waals surface area contributed by atoms with Gasteiger partial charge in [-0.3, -0.25) is 0 Å². The Morgan fingerprint density at radius 3 is 2.37 bits per heavy atom. The molecule has 2 nitrogen and oxygen atoms in total. The second-order valence-corrected chi connectivity index (χ2v) is 5.05. The number of hydrogen-bond acceptors (Lipinski definition) is 2. The lowest BCUT2D eigenvalue weighted by Crippen LogP contribution is -2.19. The van der Waals surface area contributed by atoms with Crippen LogP contribution in [0.15, 0.2) is 54.6 Å². The molecule has 2 aromatic rings. The average molecular weight is 255 g/mol. The van der Waals surface area contributed by atoms with E-state index in [1.807, 2.05) is 48.5 Å². The number of hydrogen-bond donors (Lipinski definition) is 1. The molecule has 0 aliphatic rings.